The van der Waals surface area contributed by atoms with Crippen molar-refractivity contribution in [2.45, 2.75) is 12.8 Å². The second-order valence-corrected chi connectivity index (χ2v) is 3.11. The van der Waals surface area contributed by atoms with Gasteiger partial charge in [0.25, 0.3) is 0 Å². The van der Waals surface area contributed by atoms with Gasteiger partial charge in [-0.2, -0.15) is 0 Å². The first-order chi connectivity index (χ1) is 7.13. The molecule has 0 bridgehead atoms. The van der Waals surface area contributed by atoms with Crippen molar-refractivity contribution in [2.75, 3.05) is 11.1 Å². The Bertz CT molecular complexity index is 377. The number of carbonyl (C=O) groups is 1. The summed E-state index contributed by atoms with van der Waals surface area (Å²) in [7, 11) is 0. The van der Waals surface area contributed by atoms with Crippen molar-refractivity contribution in [1.29, 1.82) is 0 Å². The smallest absolute Gasteiger partial charge is 0.224 e. The maximum atomic E-state index is 12.8. The molecule has 15 heavy (non-hydrogen) atoms. The number of nitrogens with two attached hydrogens (primary N) is 1. The minimum Gasteiger partial charge on any atom is -0.396 e. The molecule has 4 heteroatoms. The van der Waals surface area contributed by atoms with Gasteiger partial charge in [0, 0.05) is 12.1 Å². The molecule has 80 valence electrons. The first-order valence-corrected chi connectivity index (χ1v) is 4.59. The molecule has 0 aliphatic heterocycles. The van der Waals surface area contributed by atoms with Gasteiger partial charge in [-0.3, -0.25) is 4.79 Å². The summed E-state index contributed by atoms with van der Waals surface area (Å²) >= 11 is 0. The predicted molar refractivity (Wildman–Crippen MR) is 58.9 cm³/mol. The maximum absolute atomic E-state index is 12.8. The minimum absolute atomic E-state index is 0.0246. The zero-order valence-corrected chi connectivity index (χ0v) is 8.29. The molecule has 1 amide bonds. The second-order valence-electron chi connectivity index (χ2n) is 3.11. The predicted octanol–water partition coefficient (Wildman–Crippen LogP) is 2.31. The fourth-order valence-corrected chi connectivity index (χ4v) is 1.08. The van der Waals surface area contributed by atoms with E-state index >= 15 is 0 Å². The zero-order valence-electron chi connectivity index (χ0n) is 8.29. The molecule has 1 aromatic carbocycles. The Morgan fingerprint density at radius 1 is 1.60 bits per heavy atom. The van der Waals surface area contributed by atoms with Crippen molar-refractivity contribution in [1.82, 2.24) is 0 Å². The number of nitrogens with one attached hydrogen (secondary N) is 1. The van der Waals surface area contributed by atoms with Crippen LogP contribution >= 0.6 is 0 Å². The van der Waals surface area contributed by atoms with Crippen molar-refractivity contribution >= 4 is 17.3 Å². The van der Waals surface area contributed by atoms with E-state index in [1.807, 2.05) is 0 Å². The van der Waals surface area contributed by atoms with Gasteiger partial charge in [0.15, 0.2) is 0 Å². The van der Waals surface area contributed by atoms with E-state index in [-0.39, 0.29) is 11.6 Å². The summed E-state index contributed by atoms with van der Waals surface area (Å²) in [5.74, 6) is -0.625. The monoisotopic (exact) mass is 208 g/mol. The normalized spacial score (nSPS) is 9.67. The molecule has 1 aromatic rings. The average Bonchev–Trinajstić information content (AvgIpc) is 2.20. The summed E-state index contributed by atoms with van der Waals surface area (Å²) < 4.78 is 12.8. The summed E-state index contributed by atoms with van der Waals surface area (Å²) in [6, 6.07) is 4.08. The van der Waals surface area contributed by atoms with Crippen molar-refractivity contribution in [2.24, 2.45) is 0 Å². The van der Waals surface area contributed by atoms with Crippen LogP contribution in [-0.4, -0.2) is 5.91 Å². The molecule has 0 radical (unpaired) electrons. The molecule has 1 rings (SSSR count). The Kier molecular flexibility index (Phi) is 3.85. The van der Waals surface area contributed by atoms with Crippen molar-refractivity contribution < 1.29 is 9.18 Å². The lowest BCUT2D eigenvalue weighted by Crippen LogP contribution is -2.11. The highest BCUT2D eigenvalue weighted by molar-refractivity contribution is 5.91. The van der Waals surface area contributed by atoms with Gasteiger partial charge in [-0.05, 0) is 24.6 Å². The molecule has 0 saturated heterocycles. The molecule has 0 spiro atoms. The van der Waals surface area contributed by atoms with Gasteiger partial charge in [-0.15, -0.1) is 6.58 Å². The lowest BCUT2D eigenvalue weighted by Gasteiger charge is -2.05. The van der Waals surface area contributed by atoms with Crippen molar-refractivity contribution in [3.05, 3.63) is 36.7 Å². The van der Waals surface area contributed by atoms with Gasteiger partial charge in [0.1, 0.15) is 5.82 Å². The standard InChI is InChI=1S/C11H13FN2O/c1-2-3-4-11(15)14-8-5-6-9(12)10(13)7-8/h2,5-7H,1,3-4,13H2,(H,14,15). The fourth-order valence-electron chi connectivity index (χ4n) is 1.08. The third-order valence-electron chi connectivity index (χ3n) is 1.86. The molecule has 0 heterocycles. The van der Waals surface area contributed by atoms with E-state index in [4.69, 9.17) is 5.73 Å². The second kappa shape index (κ2) is 5.14. The van der Waals surface area contributed by atoms with Crippen LogP contribution in [0.5, 0.6) is 0 Å². The highest BCUT2D eigenvalue weighted by Gasteiger charge is 2.03. The van der Waals surface area contributed by atoms with Crippen LogP contribution in [0.2, 0.25) is 0 Å². The largest absolute Gasteiger partial charge is 0.396 e. The molecule has 0 unspecified atom stereocenters. The Hall–Kier alpha value is -1.84. The van der Waals surface area contributed by atoms with Crippen LogP contribution in [0.15, 0.2) is 30.9 Å². The van der Waals surface area contributed by atoms with E-state index < -0.39 is 5.82 Å². The van der Waals surface area contributed by atoms with Crippen LogP contribution in [0.25, 0.3) is 0 Å². The number of benzene rings is 1. The summed E-state index contributed by atoms with van der Waals surface area (Å²) in [5.41, 5.74) is 5.88. The Morgan fingerprint density at radius 2 is 2.33 bits per heavy atom. The first-order valence-electron chi connectivity index (χ1n) is 4.59. The van der Waals surface area contributed by atoms with Gasteiger partial charge in [-0.25, -0.2) is 4.39 Å². The molecule has 0 aliphatic rings. The van der Waals surface area contributed by atoms with Crippen LogP contribution in [0.4, 0.5) is 15.8 Å². The number of rotatable bonds is 4. The number of carbonyl (C=O) groups excluding carboxylic acids is 1. The lowest BCUT2D eigenvalue weighted by atomic mass is 10.2. The molecule has 0 atom stereocenters. The number of amides is 1. The number of hydrogen-bond acceptors (Lipinski definition) is 2. The fraction of sp³-hybridized carbons (Fsp3) is 0.182. The quantitative estimate of drug-likeness (QED) is 0.589. The molecule has 0 saturated carbocycles. The van der Waals surface area contributed by atoms with E-state index in [9.17, 15) is 9.18 Å². The Balaban J connectivity index is 2.60. The number of anilines is 2. The summed E-state index contributed by atoms with van der Waals surface area (Å²) in [6.07, 6.45) is 2.64. The van der Waals surface area contributed by atoms with Crippen LogP contribution in [0.3, 0.4) is 0 Å². The van der Waals surface area contributed by atoms with Gasteiger partial charge in [-0.1, -0.05) is 6.08 Å². The summed E-state index contributed by atoms with van der Waals surface area (Å²) in [5, 5.41) is 2.61. The van der Waals surface area contributed by atoms with Gasteiger partial charge in [0.05, 0.1) is 5.69 Å². The van der Waals surface area contributed by atoms with Crippen LogP contribution in [0.1, 0.15) is 12.8 Å². The van der Waals surface area contributed by atoms with Gasteiger partial charge >= 0.3 is 0 Å². The molecule has 0 fully saturated rings. The molecule has 0 aliphatic carbocycles. The number of hydrogen-bond donors (Lipinski definition) is 2. The van der Waals surface area contributed by atoms with Crippen LogP contribution in [-0.2, 0) is 4.79 Å². The number of allylic oxidation sites excluding steroid dienone is 1. The van der Waals surface area contributed by atoms with Gasteiger partial charge in [0.2, 0.25) is 5.91 Å². The van der Waals surface area contributed by atoms with E-state index in [1.165, 1.54) is 18.2 Å². The number of nitrogen functional groups attached to an aromatic ring is 1. The van der Waals surface area contributed by atoms with Crippen LogP contribution < -0.4 is 11.1 Å². The molecular weight excluding hydrogens is 195 g/mol. The third-order valence-corrected chi connectivity index (χ3v) is 1.86. The highest BCUT2D eigenvalue weighted by atomic mass is 19.1. The van der Waals surface area contributed by atoms with E-state index in [2.05, 4.69) is 11.9 Å². The topological polar surface area (TPSA) is 55.1 Å². The van der Waals surface area contributed by atoms with E-state index in [0.29, 0.717) is 18.5 Å². The minimum atomic E-state index is -0.487. The summed E-state index contributed by atoms with van der Waals surface area (Å²) in [6.45, 7) is 3.52. The maximum Gasteiger partial charge on any atom is 0.224 e. The summed E-state index contributed by atoms with van der Waals surface area (Å²) in [4.78, 5) is 11.3. The Morgan fingerprint density at radius 3 is 2.93 bits per heavy atom. The van der Waals surface area contributed by atoms with E-state index in [0.717, 1.165) is 0 Å². The number of halogens is 1. The van der Waals surface area contributed by atoms with Crippen molar-refractivity contribution in [3.8, 4) is 0 Å². The molecule has 0 aromatic heterocycles. The molecule has 3 nitrogen and oxygen atoms in total. The highest BCUT2D eigenvalue weighted by Crippen LogP contribution is 2.16. The first kappa shape index (κ1) is 11.2. The SMILES string of the molecule is C=CCCC(=O)Nc1ccc(F)c(N)c1. The average molecular weight is 208 g/mol. The zero-order chi connectivity index (χ0) is 11.3. The third kappa shape index (κ3) is 3.42. The van der Waals surface area contributed by atoms with E-state index in [1.54, 1.807) is 6.08 Å². The van der Waals surface area contributed by atoms with Crippen LogP contribution in [0, 0.1) is 5.82 Å². The lowest BCUT2D eigenvalue weighted by molar-refractivity contribution is -0.116. The van der Waals surface area contributed by atoms with Crippen molar-refractivity contribution in [3.63, 3.8) is 0 Å². The van der Waals surface area contributed by atoms with Gasteiger partial charge < -0.3 is 11.1 Å². The molecule has 3 N–H and O–H groups in total. The Labute approximate surface area is 87.8 Å². The molecular formula is C11H13FN2O.